The fraction of sp³-hybridized carbons (Fsp3) is 0.739. The SMILES string of the molecule is c1ccc(C2CCC([NH+]3CC[NH+](C4CCCCCC4)CC3)CC2)cc1. The van der Waals surface area contributed by atoms with Gasteiger partial charge in [0.1, 0.15) is 26.2 Å². The molecule has 0 spiro atoms. The summed E-state index contributed by atoms with van der Waals surface area (Å²) in [6.07, 6.45) is 14.7. The van der Waals surface area contributed by atoms with Crippen LogP contribution in [0.15, 0.2) is 30.3 Å². The molecule has 3 aliphatic rings. The lowest BCUT2D eigenvalue weighted by atomic mass is 9.81. The molecule has 0 unspecified atom stereocenters. The van der Waals surface area contributed by atoms with Crippen LogP contribution in [-0.2, 0) is 0 Å². The third kappa shape index (κ3) is 4.46. The molecule has 2 heteroatoms. The largest absolute Gasteiger partial charge is 0.323 e. The van der Waals surface area contributed by atoms with Gasteiger partial charge in [-0.2, -0.15) is 0 Å². The van der Waals surface area contributed by atoms with Gasteiger partial charge in [0.2, 0.25) is 0 Å². The zero-order valence-corrected chi connectivity index (χ0v) is 16.0. The minimum Gasteiger partial charge on any atom is -0.323 e. The van der Waals surface area contributed by atoms with Gasteiger partial charge in [0.05, 0.1) is 12.1 Å². The van der Waals surface area contributed by atoms with Crippen molar-refractivity contribution in [3.63, 3.8) is 0 Å². The highest BCUT2D eigenvalue weighted by Crippen LogP contribution is 2.31. The molecule has 0 radical (unpaired) electrons. The lowest BCUT2D eigenvalue weighted by Crippen LogP contribution is -3.31. The van der Waals surface area contributed by atoms with E-state index in [1.807, 2.05) is 9.80 Å². The summed E-state index contributed by atoms with van der Waals surface area (Å²) in [7, 11) is 0. The van der Waals surface area contributed by atoms with Crippen LogP contribution in [0.5, 0.6) is 0 Å². The van der Waals surface area contributed by atoms with Crippen LogP contribution in [0.3, 0.4) is 0 Å². The summed E-state index contributed by atoms with van der Waals surface area (Å²) in [6.45, 7) is 5.76. The van der Waals surface area contributed by atoms with E-state index in [0.717, 1.165) is 18.0 Å². The number of nitrogens with one attached hydrogen (secondary N) is 2. The summed E-state index contributed by atoms with van der Waals surface area (Å²) in [5, 5.41) is 0. The summed E-state index contributed by atoms with van der Waals surface area (Å²) in [4.78, 5) is 3.91. The van der Waals surface area contributed by atoms with E-state index in [4.69, 9.17) is 0 Å². The maximum atomic E-state index is 2.34. The van der Waals surface area contributed by atoms with Crippen LogP contribution < -0.4 is 9.80 Å². The van der Waals surface area contributed by atoms with Gasteiger partial charge in [-0.05, 0) is 62.8 Å². The van der Waals surface area contributed by atoms with E-state index >= 15 is 0 Å². The van der Waals surface area contributed by atoms with E-state index in [2.05, 4.69) is 30.3 Å². The minimum atomic E-state index is 0.828. The molecule has 25 heavy (non-hydrogen) atoms. The fourth-order valence-corrected chi connectivity index (χ4v) is 5.96. The minimum absolute atomic E-state index is 0.828. The molecule has 2 N–H and O–H groups in total. The van der Waals surface area contributed by atoms with Crippen molar-refractivity contribution < 1.29 is 9.80 Å². The van der Waals surface area contributed by atoms with Gasteiger partial charge in [0.25, 0.3) is 0 Å². The van der Waals surface area contributed by atoms with Gasteiger partial charge in [-0.3, -0.25) is 0 Å². The Kier molecular flexibility index (Phi) is 6.10. The molecular weight excluding hydrogens is 304 g/mol. The van der Waals surface area contributed by atoms with E-state index in [-0.39, 0.29) is 0 Å². The first-order valence-electron chi connectivity index (χ1n) is 11.1. The lowest BCUT2D eigenvalue weighted by Gasteiger charge is -2.40. The number of rotatable bonds is 3. The smallest absolute Gasteiger partial charge is 0.127 e. The molecular formula is C23H38N2+2. The second-order valence-corrected chi connectivity index (χ2v) is 8.96. The quantitative estimate of drug-likeness (QED) is 0.780. The van der Waals surface area contributed by atoms with Gasteiger partial charge >= 0.3 is 0 Å². The summed E-state index contributed by atoms with van der Waals surface area (Å²) in [6, 6.07) is 13.2. The average Bonchev–Trinajstić information content (AvgIpc) is 2.99. The third-order valence-corrected chi connectivity index (χ3v) is 7.54. The molecule has 1 aliphatic heterocycles. The van der Waals surface area contributed by atoms with Crippen LogP contribution in [0.2, 0.25) is 0 Å². The van der Waals surface area contributed by atoms with Crippen LogP contribution in [0, 0.1) is 0 Å². The Morgan fingerprint density at radius 3 is 1.64 bits per heavy atom. The standard InChI is InChI=1S/C23H36N2/c1-2-7-11-22(10-6-1)24-16-18-25(19-17-24)23-14-12-21(13-15-23)20-8-4-3-5-9-20/h3-5,8-9,21-23H,1-2,6-7,10-19H2/p+2. The highest BCUT2D eigenvalue weighted by molar-refractivity contribution is 5.19. The molecule has 1 aromatic carbocycles. The number of quaternary nitrogens is 2. The molecule has 2 saturated carbocycles. The fourth-order valence-electron chi connectivity index (χ4n) is 5.96. The van der Waals surface area contributed by atoms with Crippen molar-refractivity contribution >= 4 is 0 Å². The van der Waals surface area contributed by atoms with Crippen LogP contribution in [0.4, 0.5) is 0 Å². The van der Waals surface area contributed by atoms with Gasteiger partial charge in [-0.25, -0.2) is 0 Å². The normalized spacial score (nSPS) is 35.2. The Morgan fingerprint density at radius 1 is 0.560 bits per heavy atom. The topological polar surface area (TPSA) is 8.88 Å². The third-order valence-electron chi connectivity index (χ3n) is 7.54. The predicted octanol–water partition coefficient (Wildman–Crippen LogP) is 2.22. The van der Waals surface area contributed by atoms with E-state index in [1.165, 1.54) is 90.4 Å². The summed E-state index contributed by atoms with van der Waals surface area (Å²) >= 11 is 0. The molecule has 0 bridgehead atoms. The van der Waals surface area contributed by atoms with Crippen molar-refractivity contribution in [1.29, 1.82) is 0 Å². The highest BCUT2D eigenvalue weighted by Gasteiger charge is 2.35. The second kappa shape index (κ2) is 8.68. The van der Waals surface area contributed by atoms with Crippen molar-refractivity contribution in [3.8, 4) is 0 Å². The molecule has 0 aromatic heterocycles. The maximum absolute atomic E-state index is 2.34. The highest BCUT2D eigenvalue weighted by atomic mass is 15.3. The first-order valence-corrected chi connectivity index (χ1v) is 11.1. The molecule has 0 atom stereocenters. The van der Waals surface area contributed by atoms with Gasteiger partial charge in [0.15, 0.2) is 0 Å². The van der Waals surface area contributed by atoms with Gasteiger partial charge in [0, 0.05) is 0 Å². The zero-order chi connectivity index (χ0) is 16.9. The van der Waals surface area contributed by atoms with Crippen LogP contribution >= 0.6 is 0 Å². The van der Waals surface area contributed by atoms with Gasteiger partial charge in [-0.15, -0.1) is 0 Å². The van der Waals surface area contributed by atoms with Crippen molar-refractivity contribution in [1.82, 2.24) is 0 Å². The first-order chi connectivity index (χ1) is 12.4. The van der Waals surface area contributed by atoms with Gasteiger partial charge < -0.3 is 9.80 Å². The number of benzene rings is 1. The number of hydrogen-bond donors (Lipinski definition) is 2. The first kappa shape index (κ1) is 17.5. The molecule has 1 heterocycles. The van der Waals surface area contributed by atoms with E-state index in [9.17, 15) is 0 Å². The Hall–Kier alpha value is -0.860. The maximum Gasteiger partial charge on any atom is 0.127 e. The van der Waals surface area contributed by atoms with E-state index in [1.54, 1.807) is 5.56 Å². The molecule has 0 amide bonds. The molecule has 1 saturated heterocycles. The Morgan fingerprint density at radius 2 is 1.08 bits per heavy atom. The monoisotopic (exact) mass is 342 g/mol. The van der Waals surface area contributed by atoms with E-state index in [0.29, 0.717) is 0 Å². The number of hydrogen-bond acceptors (Lipinski definition) is 0. The summed E-state index contributed by atoms with van der Waals surface area (Å²) < 4.78 is 0. The molecule has 2 nitrogen and oxygen atoms in total. The van der Waals surface area contributed by atoms with Crippen LogP contribution in [0.25, 0.3) is 0 Å². The van der Waals surface area contributed by atoms with Crippen molar-refractivity contribution in [3.05, 3.63) is 35.9 Å². The van der Waals surface area contributed by atoms with Crippen LogP contribution in [0.1, 0.15) is 75.7 Å². The van der Waals surface area contributed by atoms with Crippen molar-refractivity contribution in [2.75, 3.05) is 26.2 Å². The van der Waals surface area contributed by atoms with E-state index < -0.39 is 0 Å². The van der Waals surface area contributed by atoms with Crippen molar-refractivity contribution in [2.45, 2.75) is 82.2 Å². The van der Waals surface area contributed by atoms with Crippen LogP contribution in [-0.4, -0.2) is 38.3 Å². The summed E-state index contributed by atoms with van der Waals surface area (Å²) in [5.74, 6) is 0.828. The lowest BCUT2D eigenvalue weighted by molar-refractivity contribution is -1.03. The molecule has 2 aliphatic carbocycles. The second-order valence-electron chi connectivity index (χ2n) is 8.96. The Labute approximate surface area is 154 Å². The predicted molar refractivity (Wildman–Crippen MR) is 104 cm³/mol. The molecule has 138 valence electrons. The Balaban J connectivity index is 1.23. The molecule has 4 rings (SSSR count). The van der Waals surface area contributed by atoms with Gasteiger partial charge in [-0.1, -0.05) is 43.2 Å². The Bertz CT molecular complexity index is 490. The molecule has 1 aromatic rings. The number of piperazine rings is 1. The zero-order valence-electron chi connectivity index (χ0n) is 16.0. The molecule has 3 fully saturated rings. The average molecular weight is 343 g/mol. The van der Waals surface area contributed by atoms with Crippen molar-refractivity contribution in [2.24, 2.45) is 0 Å². The summed E-state index contributed by atoms with van der Waals surface area (Å²) in [5.41, 5.74) is 1.58.